The molecule has 1 aliphatic heterocycles. The molecule has 0 radical (unpaired) electrons. The van der Waals surface area contributed by atoms with Crippen LogP contribution in [0.2, 0.25) is 0 Å². The molecule has 1 unspecified atom stereocenters. The van der Waals surface area contributed by atoms with Crippen LogP contribution in [0.25, 0.3) is 11.4 Å². The molecular weight excluding hydrogens is 366 g/mol. The second kappa shape index (κ2) is 8.19. The van der Waals surface area contributed by atoms with Crippen LogP contribution in [0.3, 0.4) is 0 Å². The van der Waals surface area contributed by atoms with Crippen molar-refractivity contribution in [1.29, 1.82) is 0 Å². The third-order valence-corrected chi connectivity index (χ3v) is 5.49. The van der Waals surface area contributed by atoms with Gasteiger partial charge in [-0.1, -0.05) is 25.8 Å². The fourth-order valence-electron chi connectivity index (χ4n) is 3.82. The van der Waals surface area contributed by atoms with Gasteiger partial charge in [-0.25, -0.2) is 9.97 Å². The van der Waals surface area contributed by atoms with Gasteiger partial charge in [0.05, 0.1) is 0 Å². The smallest absolute Gasteiger partial charge is 0.231 e. The lowest BCUT2D eigenvalue weighted by molar-refractivity contribution is -0.122. The number of hydrogen-bond acceptors (Lipinski definition) is 5. The first-order valence-corrected chi connectivity index (χ1v) is 10.4. The van der Waals surface area contributed by atoms with Gasteiger partial charge in [-0.3, -0.25) is 14.5 Å². The van der Waals surface area contributed by atoms with Crippen LogP contribution in [-0.4, -0.2) is 39.7 Å². The summed E-state index contributed by atoms with van der Waals surface area (Å²) in [5.74, 6) is 2.12. The number of ketones is 1. The van der Waals surface area contributed by atoms with E-state index in [0.29, 0.717) is 36.3 Å². The number of amides is 1. The Bertz CT molecular complexity index is 914. The molecule has 0 bridgehead atoms. The molecule has 152 valence electrons. The number of aromatic nitrogens is 3. The molecule has 2 aromatic rings. The molecule has 29 heavy (non-hydrogen) atoms. The zero-order chi connectivity index (χ0) is 20.4. The number of carbonyl (C=O) groups is 2. The number of H-pyrrole nitrogens is 1. The monoisotopic (exact) mass is 393 g/mol. The van der Waals surface area contributed by atoms with Crippen molar-refractivity contribution >= 4 is 23.3 Å². The molecule has 0 spiro atoms. The highest BCUT2D eigenvalue weighted by Crippen LogP contribution is 2.39. The summed E-state index contributed by atoms with van der Waals surface area (Å²) in [5.41, 5.74) is 1.21. The second-order valence-electron chi connectivity index (χ2n) is 7.88. The second-order valence-corrected chi connectivity index (χ2v) is 7.88. The Kier molecular flexibility index (Phi) is 5.47. The van der Waals surface area contributed by atoms with E-state index in [2.05, 4.69) is 26.8 Å². The van der Waals surface area contributed by atoms with Gasteiger partial charge in [0, 0.05) is 37.2 Å². The normalized spacial score (nSPS) is 19.1. The van der Waals surface area contributed by atoms with E-state index < -0.39 is 0 Å². The molecule has 3 heterocycles. The first kappa shape index (κ1) is 19.4. The van der Waals surface area contributed by atoms with E-state index in [9.17, 15) is 9.59 Å². The molecule has 4 rings (SSSR count). The van der Waals surface area contributed by atoms with Crippen molar-refractivity contribution in [2.24, 2.45) is 11.8 Å². The van der Waals surface area contributed by atoms with Crippen molar-refractivity contribution in [3.8, 4) is 11.4 Å². The predicted octanol–water partition coefficient (Wildman–Crippen LogP) is 3.82. The molecule has 1 atom stereocenters. The zero-order valence-electron chi connectivity index (χ0n) is 16.8. The van der Waals surface area contributed by atoms with Gasteiger partial charge < -0.3 is 10.3 Å². The van der Waals surface area contributed by atoms with Gasteiger partial charge in [0.25, 0.3) is 0 Å². The third-order valence-electron chi connectivity index (χ3n) is 5.49. The van der Waals surface area contributed by atoms with Crippen LogP contribution in [0.4, 0.5) is 11.6 Å². The number of Topliss-reactive ketones (excluding diaryl/α,β-unsaturated/α-hetero) is 1. The number of anilines is 2. The number of carbonyl (C=O) groups excluding carboxylic acids is 2. The lowest BCUT2D eigenvalue weighted by atomic mass is 9.95. The van der Waals surface area contributed by atoms with Gasteiger partial charge in [0.1, 0.15) is 17.3 Å². The summed E-state index contributed by atoms with van der Waals surface area (Å²) in [6, 6.07) is 3.75. The van der Waals surface area contributed by atoms with Crippen LogP contribution < -0.4 is 10.2 Å². The summed E-state index contributed by atoms with van der Waals surface area (Å²) in [7, 11) is 0. The van der Waals surface area contributed by atoms with Gasteiger partial charge in [-0.15, -0.1) is 6.58 Å². The quantitative estimate of drug-likeness (QED) is 0.666. The van der Waals surface area contributed by atoms with E-state index in [4.69, 9.17) is 0 Å². The largest absolute Gasteiger partial charge is 0.367 e. The lowest BCUT2D eigenvalue weighted by Crippen LogP contribution is -2.36. The number of nitrogens with one attached hydrogen (secondary N) is 2. The number of nitrogens with zero attached hydrogens (tertiary/aromatic N) is 3. The van der Waals surface area contributed by atoms with Gasteiger partial charge in [0.15, 0.2) is 11.6 Å². The van der Waals surface area contributed by atoms with Crippen molar-refractivity contribution < 1.29 is 9.59 Å². The summed E-state index contributed by atoms with van der Waals surface area (Å²) in [6.45, 7) is 6.90. The Morgan fingerprint density at radius 3 is 2.83 bits per heavy atom. The molecular formula is C22H27N5O2. The van der Waals surface area contributed by atoms with Crippen LogP contribution in [-0.2, 0) is 4.79 Å². The first-order valence-electron chi connectivity index (χ1n) is 10.4. The van der Waals surface area contributed by atoms with Gasteiger partial charge in [-0.2, -0.15) is 0 Å². The summed E-state index contributed by atoms with van der Waals surface area (Å²) in [6.07, 6.45) is 7.69. The Balaban J connectivity index is 1.63. The number of aromatic amines is 1. The molecule has 2 aliphatic rings. The number of hydrogen-bond donors (Lipinski definition) is 2. The topological polar surface area (TPSA) is 91.0 Å². The zero-order valence-corrected chi connectivity index (χ0v) is 16.8. The van der Waals surface area contributed by atoms with E-state index in [0.717, 1.165) is 24.2 Å². The average molecular weight is 393 g/mol. The van der Waals surface area contributed by atoms with E-state index in [1.807, 2.05) is 19.1 Å². The summed E-state index contributed by atoms with van der Waals surface area (Å²) in [5, 5.41) is 3.13. The van der Waals surface area contributed by atoms with Crippen molar-refractivity contribution in [2.45, 2.75) is 39.0 Å². The molecule has 7 heteroatoms. The average Bonchev–Trinajstić information content (AvgIpc) is 3.45. The summed E-state index contributed by atoms with van der Waals surface area (Å²) < 4.78 is 0. The SMILES string of the molecule is C=CCNc1ccc(-c2nc3c([nH]2)C(=O)CC(CC2CC2)C(=O)N3CCC)cn1. The fraction of sp³-hybridized carbons (Fsp3) is 0.455. The van der Waals surface area contributed by atoms with Crippen LogP contribution >= 0.6 is 0 Å². The van der Waals surface area contributed by atoms with Crippen molar-refractivity contribution in [3.63, 3.8) is 0 Å². The van der Waals surface area contributed by atoms with Crippen LogP contribution in [0.1, 0.15) is 49.5 Å². The molecule has 1 aliphatic carbocycles. The molecule has 1 saturated carbocycles. The molecule has 1 fully saturated rings. The fourth-order valence-corrected chi connectivity index (χ4v) is 3.82. The van der Waals surface area contributed by atoms with Crippen LogP contribution in [0.5, 0.6) is 0 Å². The van der Waals surface area contributed by atoms with E-state index in [1.165, 1.54) is 12.8 Å². The minimum absolute atomic E-state index is 0.0333. The number of rotatable bonds is 8. The molecule has 0 saturated heterocycles. The number of imidazole rings is 1. The van der Waals surface area contributed by atoms with Gasteiger partial charge in [-0.05, 0) is 30.9 Å². The first-order chi connectivity index (χ1) is 14.1. The van der Waals surface area contributed by atoms with Crippen LogP contribution in [0, 0.1) is 11.8 Å². The van der Waals surface area contributed by atoms with Gasteiger partial charge >= 0.3 is 0 Å². The molecule has 2 N–H and O–H groups in total. The highest BCUT2D eigenvalue weighted by Gasteiger charge is 2.39. The van der Waals surface area contributed by atoms with Crippen molar-refractivity contribution in [2.75, 3.05) is 23.3 Å². The molecule has 1 amide bonds. The minimum atomic E-state index is -0.232. The predicted molar refractivity (Wildman–Crippen MR) is 113 cm³/mol. The van der Waals surface area contributed by atoms with Crippen molar-refractivity contribution in [1.82, 2.24) is 15.0 Å². The highest BCUT2D eigenvalue weighted by molar-refractivity contribution is 6.09. The Morgan fingerprint density at radius 2 is 2.17 bits per heavy atom. The minimum Gasteiger partial charge on any atom is -0.367 e. The summed E-state index contributed by atoms with van der Waals surface area (Å²) >= 11 is 0. The third kappa shape index (κ3) is 4.09. The standard InChI is InChI=1S/C22H27N5O2/c1-3-9-23-18-8-7-15(13-24-18)20-25-19-17(28)12-16(11-14-5-6-14)22(29)27(10-4-2)21(19)26-20/h3,7-8,13-14,16H,1,4-6,9-12H2,2H3,(H,23,24)(H,25,26). The van der Waals surface area contributed by atoms with Gasteiger partial charge in [0.2, 0.25) is 5.91 Å². The molecule has 7 nitrogen and oxygen atoms in total. The molecule has 2 aromatic heterocycles. The Hall–Kier alpha value is -2.96. The number of fused-ring (bicyclic) bond motifs is 1. The van der Waals surface area contributed by atoms with E-state index in [-0.39, 0.29) is 24.0 Å². The van der Waals surface area contributed by atoms with E-state index >= 15 is 0 Å². The van der Waals surface area contributed by atoms with Crippen LogP contribution in [0.15, 0.2) is 31.0 Å². The lowest BCUT2D eigenvalue weighted by Gasteiger charge is -2.22. The maximum Gasteiger partial charge on any atom is 0.231 e. The number of pyridine rings is 1. The Labute approximate surface area is 170 Å². The Morgan fingerprint density at radius 1 is 1.34 bits per heavy atom. The summed E-state index contributed by atoms with van der Waals surface area (Å²) in [4.78, 5) is 40.0. The molecule has 0 aromatic carbocycles. The maximum atomic E-state index is 13.2. The van der Waals surface area contributed by atoms with E-state index in [1.54, 1.807) is 17.2 Å². The maximum absolute atomic E-state index is 13.2. The van der Waals surface area contributed by atoms with Crippen molar-refractivity contribution in [3.05, 3.63) is 36.7 Å². The highest BCUT2D eigenvalue weighted by atomic mass is 16.2.